The van der Waals surface area contributed by atoms with Gasteiger partial charge in [-0.25, -0.2) is 4.57 Å². The number of hydrogen-bond donors (Lipinski definition) is 2. The van der Waals surface area contributed by atoms with E-state index in [2.05, 4.69) is 190 Å². The van der Waals surface area contributed by atoms with E-state index < -0.39 is 32.5 Å². The minimum absolute atomic E-state index is 0.0316. The lowest BCUT2D eigenvalue weighted by molar-refractivity contribution is -0.161. The molecule has 9 nitrogen and oxygen atoms in total. The molecule has 0 aliphatic heterocycles. The minimum atomic E-state index is -4.42. The van der Waals surface area contributed by atoms with Crippen LogP contribution in [0.2, 0.25) is 0 Å². The Bertz CT molecular complexity index is 1870. The Labute approximate surface area is 456 Å². The fraction of sp³-hybridized carbons (Fsp3) is 0.508. The lowest BCUT2D eigenvalue weighted by Gasteiger charge is -2.19. The average Bonchev–Trinajstić information content (AvgIpc) is 3.40. The Balaban J connectivity index is 4.20. The normalized spacial score (nSPS) is 14.5. The molecule has 0 fully saturated rings. The van der Waals surface area contributed by atoms with Crippen molar-refractivity contribution in [3.63, 3.8) is 0 Å². The number of carbonyl (C=O) groups is 2. The van der Waals surface area contributed by atoms with E-state index in [1.807, 2.05) is 6.08 Å². The van der Waals surface area contributed by atoms with Crippen LogP contribution in [0.4, 0.5) is 0 Å². The predicted molar refractivity (Wildman–Crippen MR) is 320 cm³/mol. The molecule has 2 unspecified atom stereocenters. The van der Waals surface area contributed by atoms with Crippen molar-refractivity contribution >= 4 is 19.8 Å². The SMILES string of the molecule is CC/C=C\C/C=C\C/C=C\C/C=C\C/C=C\C/C=C\C/C=C\C/C=C\CCCCCCCCC(=O)OC(COC(=O)CCC/C=C\C/C=C\C/C=C\C/C=C\C/C=C\C/C=C\C/C=C\CC)COP(=O)(O)OCCN. The zero-order chi connectivity index (χ0) is 54.5. The van der Waals surface area contributed by atoms with Gasteiger partial charge >= 0.3 is 19.8 Å². The van der Waals surface area contributed by atoms with Crippen LogP contribution in [0.1, 0.15) is 181 Å². The van der Waals surface area contributed by atoms with Gasteiger partial charge in [0, 0.05) is 19.4 Å². The first-order valence-corrected chi connectivity index (χ1v) is 29.8. The molecule has 0 heterocycles. The Morgan fingerprint density at radius 1 is 0.400 bits per heavy atom. The molecule has 0 aromatic rings. The molecule has 75 heavy (non-hydrogen) atoms. The minimum Gasteiger partial charge on any atom is -0.462 e. The van der Waals surface area contributed by atoms with Crippen LogP contribution >= 0.6 is 7.82 Å². The molecular formula is C65H100NO8P. The van der Waals surface area contributed by atoms with Crippen LogP contribution in [-0.2, 0) is 32.7 Å². The van der Waals surface area contributed by atoms with Gasteiger partial charge in [-0.15, -0.1) is 0 Å². The molecule has 10 heteroatoms. The van der Waals surface area contributed by atoms with Crippen LogP contribution in [0.3, 0.4) is 0 Å². The number of nitrogens with two attached hydrogens (primary N) is 1. The van der Waals surface area contributed by atoms with E-state index in [4.69, 9.17) is 24.3 Å². The number of carbonyl (C=O) groups excluding carboxylic acids is 2. The van der Waals surface area contributed by atoms with Crippen LogP contribution in [0.15, 0.2) is 182 Å². The van der Waals surface area contributed by atoms with Gasteiger partial charge in [0.15, 0.2) is 6.10 Å². The van der Waals surface area contributed by atoms with E-state index in [0.717, 1.165) is 135 Å². The van der Waals surface area contributed by atoms with Gasteiger partial charge in [0.25, 0.3) is 0 Å². The standard InChI is InChI=1S/C65H100NO8P/c1-3-5-7-9-11-13-15-17-19-21-23-25-27-28-29-30-31-32-33-34-36-38-40-42-44-46-48-50-52-54-56-58-65(68)74-63(62-73-75(69,70)72-60-59-66)61-71-64(67)57-55-53-51-49-47-45-43-41-39-37-35-26-24-22-20-18-16-14-12-10-8-6-4-2/h5-8,11-14,17-20,23-26,28-29,31-32,34,36-37,39-40,42-43,45,49,51,63H,3-4,9-10,15-16,21-22,27,30,33,35,38,41,44,46-48,50,52-62,66H2,1-2H3,(H,69,70)/b7-5-,8-6-,13-11-,14-12-,19-17-,20-18-,25-23-,26-24-,29-28-,32-31-,36-34-,39-37-,42-40-,45-43-,51-49-. The summed E-state index contributed by atoms with van der Waals surface area (Å²) in [5.41, 5.74) is 5.37. The highest BCUT2D eigenvalue weighted by atomic mass is 31.2. The average molecular weight is 1050 g/mol. The fourth-order valence-corrected chi connectivity index (χ4v) is 7.46. The number of rotatable bonds is 50. The molecule has 418 valence electrons. The second-order valence-corrected chi connectivity index (χ2v) is 19.1. The summed E-state index contributed by atoms with van der Waals surface area (Å²) >= 11 is 0. The van der Waals surface area contributed by atoms with Gasteiger partial charge < -0.3 is 20.1 Å². The van der Waals surface area contributed by atoms with Gasteiger partial charge in [-0.3, -0.25) is 18.6 Å². The second kappa shape index (κ2) is 58.4. The smallest absolute Gasteiger partial charge is 0.462 e. The van der Waals surface area contributed by atoms with Crippen LogP contribution in [-0.4, -0.2) is 49.3 Å². The van der Waals surface area contributed by atoms with Gasteiger partial charge in [0.2, 0.25) is 0 Å². The summed E-state index contributed by atoms with van der Waals surface area (Å²) in [6, 6.07) is 0. The molecule has 0 rings (SSSR count). The predicted octanol–water partition coefficient (Wildman–Crippen LogP) is 18.1. The van der Waals surface area contributed by atoms with Gasteiger partial charge in [-0.1, -0.05) is 222 Å². The van der Waals surface area contributed by atoms with Crippen molar-refractivity contribution in [2.45, 2.75) is 187 Å². The van der Waals surface area contributed by atoms with E-state index in [1.165, 1.54) is 0 Å². The van der Waals surface area contributed by atoms with Gasteiger partial charge in [-0.05, 0) is 128 Å². The summed E-state index contributed by atoms with van der Waals surface area (Å²) < 4.78 is 32.9. The number of phosphoric ester groups is 1. The highest BCUT2D eigenvalue weighted by Gasteiger charge is 2.26. The molecule has 0 aliphatic carbocycles. The van der Waals surface area contributed by atoms with Crippen molar-refractivity contribution in [3.8, 4) is 0 Å². The van der Waals surface area contributed by atoms with Crippen LogP contribution in [0.25, 0.3) is 0 Å². The molecule has 0 bridgehead atoms. The molecule has 0 aliphatic rings. The first kappa shape index (κ1) is 70.1. The van der Waals surface area contributed by atoms with Gasteiger partial charge in [0.1, 0.15) is 6.61 Å². The van der Waals surface area contributed by atoms with E-state index in [-0.39, 0.29) is 32.6 Å². The summed E-state index contributed by atoms with van der Waals surface area (Å²) in [5.74, 6) is -0.933. The lowest BCUT2D eigenvalue weighted by Crippen LogP contribution is -2.29. The molecule has 0 aromatic heterocycles. The van der Waals surface area contributed by atoms with Crippen molar-refractivity contribution < 1.29 is 37.6 Å². The maximum Gasteiger partial charge on any atom is 0.472 e. The second-order valence-electron chi connectivity index (χ2n) is 17.7. The molecule has 0 aromatic carbocycles. The molecule has 0 spiro atoms. The van der Waals surface area contributed by atoms with E-state index in [0.29, 0.717) is 19.3 Å². The van der Waals surface area contributed by atoms with Crippen molar-refractivity contribution in [2.24, 2.45) is 5.73 Å². The molecule has 0 amide bonds. The Kier molecular flexibility index (Phi) is 54.6. The third-order valence-electron chi connectivity index (χ3n) is 10.8. The Hall–Kier alpha value is -4.89. The molecule has 0 saturated heterocycles. The van der Waals surface area contributed by atoms with E-state index in [9.17, 15) is 19.0 Å². The van der Waals surface area contributed by atoms with Crippen LogP contribution in [0, 0.1) is 0 Å². The molecule has 3 N–H and O–H groups in total. The largest absolute Gasteiger partial charge is 0.472 e. The monoisotopic (exact) mass is 1050 g/mol. The number of allylic oxidation sites excluding steroid dienone is 30. The highest BCUT2D eigenvalue weighted by molar-refractivity contribution is 7.47. The Morgan fingerprint density at radius 3 is 1.07 bits per heavy atom. The zero-order valence-electron chi connectivity index (χ0n) is 46.4. The van der Waals surface area contributed by atoms with Crippen molar-refractivity contribution in [1.29, 1.82) is 0 Å². The summed E-state index contributed by atoms with van der Waals surface area (Å²) in [5, 5.41) is 0. The van der Waals surface area contributed by atoms with Gasteiger partial charge in [0.05, 0.1) is 13.2 Å². The molecule has 0 radical (unpaired) electrons. The first-order valence-electron chi connectivity index (χ1n) is 28.3. The zero-order valence-corrected chi connectivity index (χ0v) is 47.3. The quantitative estimate of drug-likeness (QED) is 0.0264. The van der Waals surface area contributed by atoms with Crippen LogP contribution in [0.5, 0.6) is 0 Å². The highest BCUT2D eigenvalue weighted by Crippen LogP contribution is 2.43. The third kappa shape index (κ3) is 58.2. The van der Waals surface area contributed by atoms with Crippen molar-refractivity contribution in [3.05, 3.63) is 182 Å². The fourth-order valence-electron chi connectivity index (χ4n) is 6.70. The van der Waals surface area contributed by atoms with Crippen molar-refractivity contribution in [1.82, 2.24) is 0 Å². The number of esters is 2. The third-order valence-corrected chi connectivity index (χ3v) is 11.8. The van der Waals surface area contributed by atoms with E-state index in [1.54, 1.807) is 0 Å². The molecule has 0 saturated carbocycles. The maximum absolute atomic E-state index is 12.7. The van der Waals surface area contributed by atoms with Gasteiger partial charge in [-0.2, -0.15) is 0 Å². The van der Waals surface area contributed by atoms with E-state index >= 15 is 0 Å². The summed E-state index contributed by atoms with van der Waals surface area (Å²) in [4.78, 5) is 35.1. The number of unbranched alkanes of at least 4 members (excludes halogenated alkanes) is 7. The molecule has 2 atom stereocenters. The Morgan fingerprint density at radius 2 is 0.707 bits per heavy atom. The molecular weight excluding hydrogens is 954 g/mol. The van der Waals surface area contributed by atoms with Crippen LogP contribution < -0.4 is 5.73 Å². The summed E-state index contributed by atoms with van der Waals surface area (Å²) in [7, 11) is -4.42. The maximum atomic E-state index is 12.7. The number of hydrogen-bond acceptors (Lipinski definition) is 8. The first-order chi connectivity index (χ1) is 36.8. The lowest BCUT2D eigenvalue weighted by atomic mass is 10.1. The summed E-state index contributed by atoms with van der Waals surface area (Å²) in [6.07, 6.45) is 88.0. The van der Waals surface area contributed by atoms with Crippen molar-refractivity contribution in [2.75, 3.05) is 26.4 Å². The number of ether oxygens (including phenoxy) is 2. The number of phosphoric acid groups is 1. The topological polar surface area (TPSA) is 134 Å². The summed E-state index contributed by atoms with van der Waals surface area (Å²) in [6.45, 7) is 3.39.